The fourth-order valence-corrected chi connectivity index (χ4v) is 1.67. The Morgan fingerprint density at radius 3 is 2.47 bits per heavy atom. The lowest BCUT2D eigenvalue weighted by Crippen LogP contribution is -2.37. The van der Waals surface area contributed by atoms with Gasteiger partial charge in [-0.1, -0.05) is 30.3 Å². The molecule has 0 aliphatic carbocycles. The average Bonchev–Trinajstić information content (AvgIpc) is 2.92. The summed E-state index contributed by atoms with van der Waals surface area (Å²) in [6.07, 6.45) is 1.40. The van der Waals surface area contributed by atoms with Crippen LogP contribution in [0.1, 0.15) is 11.3 Å². The Hall–Kier alpha value is -2.07. The summed E-state index contributed by atoms with van der Waals surface area (Å²) < 4.78 is 9.77. The first kappa shape index (κ1) is 11.4. The molecule has 2 aromatic rings. The molecule has 1 heterocycles. The van der Waals surface area contributed by atoms with Gasteiger partial charge in [-0.3, -0.25) is 0 Å². The van der Waals surface area contributed by atoms with Crippen molar-refractivity contribution in [1.29, 1.82) is 0 Å². The van der Waals surface area contributed by atoms with Crippen LogP contribution in [0.15, 0.2) is 53.1 Å². The lowest BCUT2D eigenvalue weighted by molar-refractivity contribution is -0.160. The maximum atomic E-state index is 11.8. The number of carbonyl (C=O) groups excluding carboxylic acids is 1. The molecule has 1 atom stereocenters. The van der Waals surface area contributed by atoms with Gasteiger partial charge in [0.2, 0.25) is 5.60 Å². The highest BCUT2D eigenvalue weighted by molar-refractivity contribution is 5.84. The first-order valence-corrected chi connectivity index (χ1v) is 5.10. The molecule has 4 nitrogen and oxygen atoms in total. The van der Waals surface area contributed by atoms with E-state index in [-0.39, 0.29) is 5.76 Å². The minimum absolute atomic E-state index is 0.135. The Bertz CT molecular complexity index is 489. The number of benzene rings is 1. The molecule has 0 amide bonds. The number of hydrogen-bond donors (Lipinski definition) is 1. The first-order valence-electron chi connectivity index (χ1n) is 5.10. The van der Waals surface area contributed by atoms with Crippen LogP contribution in [-0.2, 0) is 15.1 Å². The van der Waals surface area contributed by atoms with Crippen LogP contribution < -0.4 is 0 Å². The fraction of sp³-hybridized carbons (Fsp3) is 0.154. The Balaban J connectivity index is 2.56. The van der Waals surface area contributed by atoms with Crippen LogP contribution in [0.25, 0.3) is 0 Å². The Morgan fingerprint density at radius 2 is 1.94 bits per heavy atom. The lowest BCUT2D eigenvalue weighted by atomic mass is 9.91. The molecular formula is C13H12O4. The average molecular weight is 232 g/mol. The van der Waals surface area contributed by atoms with Gasteiger partial charge in [-0.25, -0.2) is 4.79 Å². The van der Waals surface area contributed by atoms with E-state index in [0.717, 1.165) is 0 Å². The van der Waals surface area contributed by atoms with Crippen molar-refractivity contribution in [3.63, 3.8) is 0 Å². The second kappa shape index (κ2) is 4.43. The SMILES string of the molecule is COC(=O)C(O)(c1ccccc1)c1ccco1. The van der Waals surface area contributed by atoms with E-state index in [2.05, 4.69) is 4.74 Å². The molecule has 1 unspecified atom stereocenters. The van der Waals surface area contributed by atoms with Crippen LogP contribution >= 0.6 is 0 Å². The first-order chi connectivity index (χ1) is 8.19. The number of furan rings is 1. The number of aliphatic hydroxyl groups is 1. The maximum absolute atomic E-state index is 11.8. The molecule has 0 radical (unpaired) electrons. The van der Waals surface area contributed by atoms with Crippen molar-refractivity contribution < 1.29 is 19.1 Å². The number of rotatable bonds is 3. The summed E-state index contributed by atoms with van der Waals surface area (Å²) in [5, 5.41) is 10.5. The largest absolute Gasteiger partial charge is 0.466 e. The minimum atomic E-state index is -1.90. The number of hydrogen-bond acceptors (Lipinski definition) is 4. The highest BCUT2D eigenvalue weighted by Gasteiger charge is 2.43. The van der Waals surface area contributed by atoms with Crippen molar-refractivity contribution in [2.45, 2.75) is 5.60 Å². The monoisotopic (exact) mass is 232 g/mol. The number of esters is 1. The Kier molecular flexibility index (Phi) is 2.97. The van der Waals surface area contributed by atoms with E-state index in [1.54, 1.807) is 36.4 Å². The third-order valence-electron chi connectivity index (χ3n) is 2.55. The molecule has 1 aromatic carbocycles. The van der Waals surface area contributed by atoms with E-state index < -0.39 is 11.6 Å². The highest BCUT2D eigenvalue weighted by Crippen LogP contribution is 2.31. The number of methoxy groups -OCH3 is 1. The summed E-state index contributed by atoms with van der Waals surface area (Å²) in [7, 11) is 1.22. The van der Waals surface area contributed by atoms with Gasteiger partial charge in [0.15, 0.2) is 5.76 Å². The van der Waals surface area contributed by atoms with E-state index in [0.29, 0.717) is 5.56 Å². The molecule has 0 bridgehead atoms. The summed E-state index contributed by atoms with van der Waals surface area (Å²) in [5.41, 5.74) is -1.50. The van der Waals surface area contributed by atoms with Crippen LogP contribution in [-0.4, -0.2) is 18.2 Å². The Labute approximate surface area is 98.4 Å². The van der Waals surface area contributed by atoms with Crippen LogP contribution in [0.3, 0.4) is 0 Å². The molecule has 0 aliphatic rings. The molecule has 0 spiro atoms. The lowest BCUT2D eigenvalue weighted by Gasteiger charge is -2.23. The zero-order valence-electron chi connectivity index (χ0n) is 9.29. The van der Waals surface area contributed by atoms with Crippen molar-refractivity contribution in [3.8, 4) is 0 Å². The second-order valence-electron chi connectivity index (χ2n) is 3.55. The van der Waals surface area contributed by atoms with E-state index in [9.17, 15) is 9.90 Å². The third-order valence-corrected chi connectivity index (χ3v) is 2.55. The van der Waals surface area contributed by atoms with Gasteiger partial charge in [-0.05, 0) is 12.1 Å². The third kappa shape index (κ3) is 1.83. The molecular weight excluding hydrogens is 220 g/mol. The van der Waals surface area contributed by atoms with Crippen molar-refractivity contribution in [3.05, 3.63) is 60.1 Å². The van der Waals surface area contributed by atoms with Gasteiger partial charge in [0, 0.05) is 5.56 Å². The quantitative estimate of drug-likeness (QED) is 0.818. The van der Waals surface area contributed by atoms with Gasteiger partial charge in [-0.2, -0.15) is 0 Å². The number of ether oxygens (including phenoxy) is 1. The number of carbonyl (C=O) groups is 1. The molecule has 0 saturated heterocycles. The summed E-state index contributed by atoms with van der Waals surface area (Å²) in [6, 6.07) is 11.7. The molecule has 4 heteroatoms. The summed E-state index contributed by atoms with van der Waals surface area (Å²) in [6.45, 7) is 0. The van der Waals surface area contributed by atoms with E-state index >= 15 is 0 Å². The van der Waals surface area contributed by atoms with E-state index in [4.69, 9.17) is 4.42 Å². The van der Waals surface area contributed by atoms with E-state index in [1.165, 1.54) is 19.4 Å². The summed E-state index contributed by atoms with van der Waals surface area (Å²) in [5.74, 6) is -0.644. The maximum Gasteiger partial charge on any atom is 0.350 e. The van der Waals surface area contributed by atoms with Gasteiger partial charge in [-0.15, -0.1) is 0 Å². The van der Waals surface area contributed by atoms with E-state index in [1.807, 2.05) is 0 Å². The smallest absolute Gasteiger partial charge is 0.350 e. The standard InChI is InChI=1S/C13H12O4/c1-16-12(14)13(15,11-8-5-9-17-11)10-6-3-2-4-7-10/h2-9,15H,1H3. The summed E-state index contributed by atoms with van der Waals surface area (Å²) in [4.78, 5) is 11.8. The van der Waals surface area contributed by atoms with Gasteiger partial charge in [0.25, 0.3) is 0 Å². The molecule has 1 aromatic heterocycles. The molecule has 1 N–H and O–H groups in total. The fourth-order valence-electron chi connectivity index (χ4n) is 1.67. The van der Waals surface area contributed by atoms with Gasteiger partial charge < -0.3 is 14.3 Å². The normalized spacial score (nSPS) is 14.0. The molecule has 2 rings (SSSR count). The predicted octanol–water partition coefficient (Wildman–Crippen LogP) is 1.69. The molecule has 17 heavy (non-hydrogen) atoms. The van der Waals surface area contributed by atoms with Gasteiger partial charge in [0.1, 0.15) is 0 Å². The van der Waals surface area contributed by atoms with Crippen molar-refractivity contribution in [2.75, 3.05) is 7.11 Å². The van der Waals surface area contributed by atoms with Crippen molar-refractivity contribution >= 4 is 5.97 Å². The molecule has 0 saturated carbocycles. The molecule has 0 aliphatic heterocycles. The topological polar surface area (TPSA) is 59.7 Å². The minimum Gasteiger partial charge on any atom is -0.466 e. The second-order valence-corrected chi connectivity index (χ2v) is 3.55. The summed E-state index contributed by atoms with van der Waals surface area (Å²) >= 11 is 0. The Morgan fingerprint density at radius 1 is 1.24 bits per heavy atom. The van der Waals surface area contributed by atoms with Crippen molar-refractivity contribution in [1.82, 2.24) is 0 Å². The zero-order chi connectivity index (χ0) is 12.3. The zero-order valence-corrected chi connectivity index (χ0v) is 9.29. The predicted molar refractivity (Wildman–Crippen MR) is 60.2 cm³/mol. The highest BCUT2D eigenvalue weighted by atomic mass is 16.5. The van der Waals surface area contributed by atoms with Crippen LogP contribution in [0.2, 0.25) is 0 Å². The van der Waals surface area contributed by atoms with Crippen LogP contribution in [0.5, 0.6) is 0 Å². The van der Waals surface area contributed by atoms with Gasteiger partial charge in [0.05, 0.1) is 13.4 Å². The molecule has 88 valence electrons. The van der Waals surface area contributed by atoms with Crippen LogP contribution in [0, 0.1) is 0 Å². The van der Waals surface area contributed by atoms with Crippen molar-refractivity contribution in [2.24, 2.45) is 0 Å². The van der Waals surface area contributed by atoms with Gasteiger partial charge >= 0.3 is 5.97 Å². The van der Waals surface area contributed by atoms with Crippen LogP contribution in [0.4, 0.5) is 0 Å². The molecule has 0 fully saturated rings.